The first-order valence-electron chi connectivity index (χ1n) is 10.1. The van der Waals surface area contributed by atoms with E-state index in [4.69, 9.17) is 4.98 Å². The molecular weight excluding hydrogens is 426 g/mol. The van der Waals surface area contributed by atoms with Crippen LogP contribution in [0.25, 0.3) is 10.2 Å². The zero-order valence-electron chi connectivity index (χ0n) is 17.4. The first-order chi connectivity index (χ1) is 15.0. The van der Waals surface area contributed by atoms with Gasteiger partial charge in [-0.25, -0.2) is 4.98 Å². The summed E-state index contributed by atoms with van der Waals surface area (Å²) in [5, 5.41) is 7.24. The number of aryl methyl sites for hydroxylation is 2. The number of amides is 2. The lowest BCUT2D eigenvalue weighted by molar-refractivity contribution is -0.118. The second kappa shape index (κ2) is 9.41. The highest BCUT2D eigenvalue weighted by Gasteiger charge is 2.22. The Bertz CT molecular complexity index is 1160. The Morgan fingerprint density at radius 3 is 2.55 bits per heavy atom. The first-order valence-corrected chi connectivity index (χ1v) is 11.8. The maximum atomic E-state index is 13.3. The maximum absolute atomic E-state index is 13.3. The molecule has 1 N–H and O–H groups in total. The normalized spacial score (nSPS) is 10.9. The summed E-state index contributed by atoms with van der Waals surface area (Å²) < 4.78 is 1.04. The molecule has 158 valence electrons. The number of nitrogens with one attached hydrogen (secondary N) is 1. The minimum absolute atomic E-state index is 0.0335. The predicted octanol–water partition coefficient (Wildman–Crippen LogP) is 5.85. The first kappa shape index (κ1) is 21.2. The Balaban J connectivity index is 1.52. The van der Waals surface area contributed by atoms with Crippen LogP contribution in [0, 0.1) is 13.8 Å². The van der Waals surface area contributed by atoms with Gasteiger partial charge in [0.2, 0.25) is 5.91 Å². The second-order valence-corrected chi connectivity index (χ2v) is 9.20. The monoisotopic (exact) mass is 449 g/mol. The van der Waals surface area contributed by atoms with Gasteiger partial charge in [-0.1, -0.05) is 29.5 Å². The summed E-state index contributed by atoms with van der Waals surface area (Å²) in [7, 11) is 0. The average Bonchev–Trinajstić information content (AvgIpc) is 3.40. The molecular formula is C24H23N3O2S2. The van der Waals surface area contributed by atoms with Gasteiger partial charge in [-0.05, 0) is 67.1 Å². The molecule has 2 aromatic heterocycles. The average molecular weight is 450 g/mol. The molecule has 0 aliphatic carbocycles. The molecule has 0 saturated carbocycles. The lowest BCUT2D eigenvalue weighted by atomic mass is 10.1. The Hall–Kier alpha value is -3.03. The van der Waals surface area contributed by atoms with Crippen molar-refractivity contribution in [3.63, 3.8) is 0 Å². The zero-order valence-corrected chi connectivity index (χ0v) is 19.1. The van der Waals surface area contributed by atoms with Crippen molar-refractivity contribution in [2.75, 3.05) is 11.4 Å². The summed E-state index contributed by atoms with van der Waals surface area (Å²) in [5.41, 5.74) is 4.55. The van der Waals surface area contributed by atoms with Gasteiger partial charge in [0.25, 0.3) is 5.91 Å². The standard InChI is InChI=1S/C24H23N3O2S2/c1-16-12-17(2)14-19(13-16)27(24-26-20-6-3-4-7-21(20)31-24)22(28)8-5-10-25-23(29)18-9-11-30-15-18/h3-4,6-7,9,11-15H,5,8,10H2,1-2H3,(H,25,29). The minimum atomic E-state index is -0.106. The predicted molar refractivity (Wildman–Crippen MR) is 129 cm³/mol. The van der Waals surface area contributed by atoms with E-state index in [1.807, 2.05) is 61.0 Å². The molecule has 0 radical (unpaired) electrons. The Morgan fingerprint density at radius 1 is 1.06 bits per heavy atom. The van der Waals surface area contributed by atoms with Crippen molar-refractivity contribution in [2.45, 2.75) is 26.7 Å². The number of carbonyl (C=O) groups excluding carboxylic acids is 2. The van der Waals surface area contributed by atoms with Gasteiger partial charge < -0.3 is 5.32 Å². The van der Waals surface area contributed by atoms with Gasteiger partial charge >= 0.3 is 0 Å². The lowest BCUT2D eigenvalue weighted by Gasteiger charge is -2.21. The smallest absolute Gasteiger partial charge is 0.252 e. The summed E-state index contributed by atoms with van der Waals surface area (Å²) >= 11 is 3.00. The topological polar surface area (TPSA) is 62.3 Å². The van der Waals surface area contributed by atoms with E-state index in [1.54, 1.807) is 11.0 Å². The molecule has 0 bridgehead atoms. The highest BCUT2D eigenvalue weighted by molar-refractivity contribution is 7.22. The van der Waals surface area contributed by atoms with E-state index in [0.29, 0.717) is 30.1 Å². The fraction of sp³-hybridized carbons (Fsp3) is 0.208. The van der Waals surface area contributed by atoms with Crippen LogP contribution in [-0.4, -0.2) is 23.3 Å². The van der Waals surface area contributed by atoms with E-state index < -0.39 is 0 Å². The number of para-hydroxylation sites is 1. The molecule has 0 fully saturated rings. The number of benzene rings is 2. The van der Waals surface area contributed by atoms with Crippen molar-refractivity contribution in [1.82, 2.24) is 10.3 Å². The number of hydrogen-bond donors (Lipinski definition) is 1. The van der Waals surface area contributed by atoms with Gasteiger partial charge in [0, 0.05) is 23.9 Å². The molecule has 5 nitrogen and oxygen atoms in total. The summed E-state index contributed by atoms with van der Waals surface area (Å²) in [6, 6.07) is 15.8. The number of thiophene rings is 1. The minimum Gasteiger partial charge on any atom is -0.352 e. The van der Waals surface area contributed by atoms with E-state index in [1.165, 1.54) is 22.7 Å². The number of carbonyl (C=O) groups is 2. The molecule has 4 rings (SSSR count). The molecule has 4 aromatic rings. The van der Waals surface area contributed by atoms with Crippen LogP contribution in [0.5, 0.6) is 0 Å². The quantitative estimate of drug-likeness (QED) is 0.360. The Morgan fingerprint density at radius 2 is 1.84 bits per heavy atom. The summed E-state index contributed by atoms with van der Waals surface area (Å²) in [5.74, 6) is -0.139. The third-order valence-corrected chi connectivity index (χ3v) is 6.53. The van der Waals surface area contributed by atoms with Crippen molar-refractivity contribution in [3.8, 4) is 0 Å². The maximum Gasteiger partial charge on any atom is 0.252 e. The number of fused-ring (bicyclic) bond motifs is 1. The van der Waals surface area contributed by atoms with Crippen LogP contribution in [0.15, 0.2) is 59.3 Å². The number of rotatable bonds is 7. The fourth-order valence-electron chi connectivity index (χ4n) is 3.45. The molecule has 2 heterocycles. The molecule has 0 spiro atoms. The number of nitrogens with zero attached hydrogens (tertiary/aromatic N) is 2. The van der Waals surface area contributed by atoms with Gasteiger partial charge in [-0.15, -0.1) is 0 Å². The number of anilines is 2. The van der Waals surface area contributed by atoms with Crippen LogP contribution in [-0.2, 0) is 4.79 Å². The fourth-order valence-corrected chi connectivity index (χ4v) is 5.09. The van der Waals surface area contributed by atoms with Crippen molar-refractivity contribution in [1.29, 1.82) is 0 Å². The number of thiazole rings is 1. The van der Waals surface area contributed by atoms with Crippen molar-refractivity contribution in [2.24, 2.45) is 0 Å². The lowest BCUT2D eigenvalue weighted by Crippen LogP contribution is -2.28. The van der Waals surface area contributed by atoms with E-state index in [0.717, 1.165) is 27.0 Å². The van der Waals surface area contributed by atoms with Gasteiger partial charge in [0.1, 0.15) is 0 Å². The zero-order chi connectivity index (χ0) is 21.8. The third kappa shape index (κ3) is 5.00. The molecule has 0 unspecified atom stereocenters. The van der Waals surface area contributed by atoms with Crippen LogP contribution >= 0.6 is 22.7 Å². The van der Waals surface area contributed by atoms with Gasteiger partial charge in [-0.2, -0.15) is 11.3 Å². The van der Waals surface area contributed by atoms with E-state index >= 15 is 0 Å². The molecule has 0 aliphatic rings. The number of aromatic nitrogens is 1. The molecule has 31 heavy (non-hydrogen) atoms. The summed E-state index contributed by atoms with van der Waals surface area (Å²) in [6.07, 6.45) is 0.869. The van der Waals surface area contributed by atoms with Crippen LogP contribution in [0.2, 0.25) is 0 Å². The largest absolute Gasteiger partial charge is 0.352 e. The molecule has 2 amide bonds. The van der Waals surface area contributed by atoms with Gasteiger partial charge in [0.05, 0.1) is 15.9 Å². The summed E-state index contributed by atoms with van der Waals surface area (Å²) in [6.45, 7) is 4.50. The van der Waals surface area contributed by atoms with E-state index in [-0.39, 0.29) is 11.8 Å². The van der Waals surface area contributed by atoms with E-state index in [2.05, 4.69) is 11.4 Å². The molecule has 0 atom stereocenters. The highest BCUT2D eigenvalue weighted by Crippen LogP contribution is 2.34. The number of hydrogen-bond acceptors (Lipinski definition) is 5. The van der Waals surface area contributed by atoms with Crippen LogP contribution in [0.3, 0.4) is 0 Å². The van der Waals surface area contributed by atoms with Crippen molar-refractivity contribution >= 4 is 55.5 Å². The highest BCUT2D eigenvalue weighted by atomic mass is 32.1. The van der Waals surface area contributed by atoms with Crippen LogP contribution < -0.4 is 10.2 Å². The molecule has 0 saturated heterocycles. The molecule has 2 aromatic carbocycles. The van der Waals surface area contributed by atoms with Crippen LogP contribution in [0.4, 0.5) is 10.8 Å². The van der Waals surface area contributed by atoms with E-state index in [9.17, 15) is 9.59 Å². The van der Waals surface area contributed by atoms with Crippen molar-refractivity contribution < 1.29 is 9.59 Å². The second-order valence-electron chi connectivity index (χ2n) is 7.41. The molecule has 7 heteroatoms. The summed E-state index contributed by atoms with van der Waals surface area (Å²) in [4.78, 5) is 31.8. The Kier molecular flexibility index (Phi) is 6.44. The van der Waals surface area contributed by atoms with Crippen LogP contribution in [0.1, 0.15) is 34.3 Å². The van der Waals surface area contributed by atoms with Gasteiger partial charge in [-0.3, -0.25) is 14.5 Å². The SMILES string of the molecule is Cc1cc(C)cc(N(C(=O)CCCNC(=O)c2ccsc2)c2nc3ccccc3s2)c1. The third-order valence-electron chi connectivity index (χ3n) is 4.82. The Labute approximate surface area is 189 Å². The van der Waals surface area contributed by atoms with Crippen molar-refractivity contribution in [3.05, 3.63) is 76.0 Å². The molecule has 0 aliphatic heterocycles. The van der Waals surface area contributed by atoms with Gasteiger partial charge in [0.15, 0.2) is 5.13 Å².